The van der Waals surface area contributed by atoms with Gasteiger partial charge in [0, 0.05) is 12.8 Å². The highest BCUT2D eigenvalue weighted by molar-refractivity contribution is 7.45. The van der Waals surface area contributed by atoms with Gasteiger partial charge in [-0.15, -0.1) is 0 Å². The van der Waals surface area contributed by atoms with E-state index in [2.05, 4.69) is 98.9 Å². The Morgan fingerprint density at radius 1 is 0.390 bits per heavy atom. The summed E-state index contributed by atoms with van der Waals surface area (Å²) in [7, 11) is 1.17. The maximum absolute atomic E-state index is 12.9. The zero-order valence-corrected chi connectivity index (χ0v) is 55.1. The number of ether oxygens (including phenoxy) is 2. The number of allylic oxidation sites excluding steroid dienone is 14. The van der Waals surface area contributed by atoms with E-state index in [-0.39, 0.29) is 32.0 Å². The molecule has 0 aromatic rings. The van der Waals surface area contributed by atoms with Gasteiger partial charge in [-0.05, 0) is 89.9 Å². The third-order valence-electron chi connectivity index (χ3n) is 14.9. The Bertz CT molecular complexity index is 1660. The fourth-order valence-corrected chi connectivity index (χ4v) is 10.4. The second-order valence-electron chi connectivity index (χ2n) is 24.2. The molecule has 82 heavy (non-hydrogen) atoms. The SMILES string of the molecule is CC/C=C\C/C=C\C/C=C\C/C=C\CCCCCCCCCCCCCCCCC(=O)OC(COC(=O)CCCCCCCCCCCCCCCCCC/C=C\C/C=C\C/C=C\CCCCCCC)COP(=O)([O-])OCC[N+](C)(C)C. The molecule has 10 heteroatoms. The van der Waals surface area contributed by atoms with Crippen LogP contribution in [0.5, 0.6) is 0 Å². The van der Waals surface area contributed by atoms with Crippen LogP contribution in [0.2, 0.25) is 0 Å². The molecule has 0 N–H and O–H groups in total. The van der Waals surface area contributed by atoms with Crippen molar-refractivity contribution in [3.63, 3.8) is 0 Å². The van der Waals surface area contributed by atoms with E-state index >= 15 is 0 Å². The maximum Gasteiger partial charge on any atom is 0.306 e. The van der Waals surface area contributed by atoms with Crippen LogP contribution in [-0.2, 0) is 32.7 Å². The van der Waals surface area contributed by atoms with Crippen LogP contribution in [0.1, 0.15) is 309 Å². The summed E-state index contributed by atoms with van der Waals surface area (Å²) in [6, 6.07) is 0. The van der Waals surface area contributed by atoms with Crippen molar-refractivity contribution in [1.82, 2.24) is 0 Å². The molecule has 2 atom stereocenters. The van der Waals surface area contributed by atoms with Gasteiger partial charge >= 0.3 is 11.9 Å². The topological polar surface area (TPSA) is 111 Å². The minimum atomic E-state index is -4.64. The lowest BCUT2D eigenvalue weighted by Crippen LogP contribution is -2.37. The predicted molar refractivity (Wildman–Crippen MR) is 351 cm³/mol. The highest BCUT2D eigenvalue weighted by Gasteiger charge is 2.22. The Morgan fingerprint density at radius 2 is 0.695 bits per heavy atom. The number of carbonyl (C=O) groups excluding carboxylic acids is 2. The minimum absolute atomic E-state index is 0.0324. The third-order valence-corrected chi connectivity index (χ3v) is 15.9. The lowest BCUT2D eigenvalue weighted by molar-refractivity contribution is -0.870. The van der Waals surface area contributed by atoms with Gasteiger partial charge < -0.3 is 27.9 Å². The number of esters is 2. The van der Waals surface area contributed by atoms with Crippen molar-refractivity contribution in [2.45, 2.75) is 315 Å². The Morgan fingerprint density at radius 3 is 1.04 bits per heavy atom. The Hall–Kier alpha value is -2.81. The highest BCUT2D eigenvalue weighted by Crippen LogP contribution is 2.38. The van der Waals surface area contributed by atoms with Crippen molar-refractivity contribution in [3.05, 3.63) is 85.1 Å². The van der Waals surface area contributed by atoms with Crippen molar-refractivity contribution in [2.75, 3.05) is 47.5 Å². The van der Waals surface area contributed by atoms with Crippen LogP contribution in [-0.4, -0.2) is 70.0 Å². The summed E-state index contributed by atoms with van der Waals surface area (Å²) in [4.78, 5) is 38.1. The van der Waals surface area contributed by atoms with Crippen LogP contribution < -0.4 is 4.89 Å². The van der Waals surface area contributed by atoms with Gasteiger partial charge in [0.15, 0.2) is 6.10 Å². The first kappa shape index (κ1) is 79.2. The molecular formula is C72H130NO8P. The summed E-state index contributed by atoms with van der Waals surface area (Å²) in [5, 5.41) is 0. The van der Waals surface area contributed by atoms with Crippen molar-refractivity contribution in [3.8, 4) is 0 Å². The summed E-state index contributed by atoms with van der Waals surface area (Å²) in [5.74, 6) is -0.825. The quantitative estimate of drug-likeness (QED) is 0.0195. The number of likely N-dealkylation sites (N-methyl/N-ethyl adjacent to an activating group) is 1. The molecule has 0 saturated heterocycles. The van der Waals surface area contributed by atoms with Gasteiger partial charge in [0.05, 0.1) is 27.7 Å². The van der Waals surface area contributed by atoms with Gasteiger partial charge in [-0.2, -0.15) is 0 Å². The Labute approximate surface area is 507 Å². The number of nitrogens with zero attached hydrogens (tertiary/aromatic N) is 1. The summed E-state index contributed by atoms with van der Waals surface area (Å²) >= 11 is 0. The van der Waals surface area contributed by atoms with Crippen LogP contribution in [0, 0.1) is 0 Å². The molecule has 0 amide bonds. The first-order valence-corrected chi connectivity index (χ1v) is 35.8. The summed E-state index contributed by atoms with van der Waals surface area (Å²) < 4.78 is 34.3. The molecule has 9 nitrogen and oxygen atoms in total. The number of carbonyl (C=O) groups is 2. The molecule has 2 unspecified atom stereocenters. The highest BCUT2D eigenvalue weighted by atomic mass is 31.2. The molecule has 0 aliphatic heterocycles. The van der Waals surface area contributed by atoms with Crippen molar-refractivity contribution < 1.29 is 42.1 Å². The van der Waals surface area contributed by atoms with Crippen molar-refractivity contribution >= 4 is 19.8 Å². The second kappa shape index (κ2) is 62.7. The molecular weight excluding hydrogens is 1040 g/mol. The maximum atomic E-state index is 12.9. The molecule has 0 aliphatic carbocycles. The third kappa shape index (κ3) is 66.3. The first-order chi connectivity index (χ1) is 40.0. The number of rotatable bonds is 63. The van der Waals surface area contributed by atoms with Crippen molar-refractivity contribution in [2.24, 2.45) is 0 Å². The van der Waals surface area contributed by atoms with Gasteiger partial charge in [-0.25, -0.2) is 0 Å². The van der Waals surface area contributed by atoms with Crippen LogP contribution in [0.25, 0.3) is 0 Å². The van der Waals surface area contributed by atoms with E-state index in [1.165, 1.54) is 199 Å². The molecule has 0 radical (unpaired) electrons. The largest absolute Gasteiger partial charge is 0.756 e. The van der Waals surface area contributed by atoms with Crippen molar-refractivity contribution in [1.29, 1.82) is 0 Å². The lowest BCUT2D eigenvalue weighted by Gasteiger charge is -2.28. The van der Waals surface area contributed by atoms with Crippen LogP contribution >= 0.6 is 7.82 Å². The standard InChI is InChI=1S/C72H130NO8P/c1-6-8-10-12-14-16-18-20-22-24-26-28-30-32-34-35-36-37-39-40-42-44-46-48-50-52-54-56-58-60-62-64-71(74)78-68-70(69-80-82(76,77)79-67-66-73(3,4)5)81-72(75)65-63-61-59-57-55-53-51-49-47-45-43-41-38-33-31-29-27-25-23-21-19-17-15-13-11-9-7-2/h9,11,15,17-18,20-21,23-24,26-27,29-30,32,70H,6-8,10,12-14,16,19,22,25,28,31,33-69H2,1-5H3/b11-9-,17-15-,20-18-,23-21-,26-24-,29-27-,32-30-. The molecule has 0 aromatic carbocycles. The van der Waals surface area contributed by atoms with E-state index in [1.54, 1.807) is 0 Å². The smallest absolute Gasteiger partial charge is 0.306 e. The van der Waals surface area contributed by atoms with E-state index in [1.807, 2.05) is 21.1 Å². The number of hydrogen-bond acceptors (Lipinski definition) is 8. The molecule has 0 bridgehead atoms. The minimum Gasteiger partial charge on any atom is -0.756 e. The van der Waals surface area contributed by atoms with E-state index in [4.69, 9.17) is 18.5 Å². The number of phosphoric acid groups is 1. The fraction of sp³-hybridized carbons (Fsp3) is 0.778. The fourth-order valence-electron chi connectivity index (χ4n) is 9.66. The van der Waals surface area contributed by atoms with Gasteiger partial charge in [0.25, 0.3) is 7.82 Å². The summed E-state index contributed by atoms with van der Waals surface area (Å²) in [6.07, 6.45) is 85.1. The predicted octanol–water partition coefficient (Wildman–Crippen LogP) is 21.5. The van der Waals surface area contributed by atoms with Gasteiger partial charge in [0.2, 0.25) is 0 Å². The zero-order valence-electron chi connectivity index (χ0n) is 54.2. The Balaban J connectivity index is 4.04. The first-order valence-electron chi connectivity index (χ1n) is 34.3. The average molecular weight is 1170 g/mol. The number of phosphoric ester groups is 1. The van der Waals surface area contributed by atoms with Crippen LogP contribution in [0.15, 0.2) is 85.1 Å². The van der Waals surface area contributed by atoms with E-state index in [0.717, 1.165) is 77.0 Å². The number of quaternary nitrogens is 1. The summed E-state index contributed by atoms with van der Waals surface area (Å²) in [6.45, 7) is 4.15. The van der Waals surface area contributed by atoms with Gasteiger partial charge in [-0.1, -0.05) is 292 Å². The lowest BCUT2D eigenvalue weighted by atomic mass is 10.0. The van der Waals surface area contributed by atoms with Crippen LogP contribution in [0.4, 0.5) is 0 Å². The van der Waals surface area contributed by atoms with Gasteiger partial charge in [0.1, 0.15) is 19.8 Å². The zero-order chi connectivity index (χ0) is 59.8. The molecule has 0 rings (SSSR count). The van der Waals surface area contributed by atoms with Gasteiger partial charge in [-0.3, -0.25) is 14.2 Å². The second-order valence-corrected chi connectivity index (χ2v) is 25.6. The molecule has 0 aliphatic rings. The monoisotopic (exact) mass is 1170 g/mol. The van der Waals surface area contributed by atoms with E-state index < -0.39 is 26.5 Å². The Kier molecular flexibility index (Phi) is 60.6. The summed E-state index contributed by atoms with van der Waals surface area (Å²) in [5.41, 5.74) is 0. The average Bonchev–Trinajstić information content (AvgIpc) is 3.46. The normalized spacial score (nSPS) is 13.7. The molecule has 0 saturated carbocycles. The van der Waals surface area contributed by atoms with E-state index in [9.17, 15) is 19.0 Å². The molecule has 0 fully saturated rings. The molecule has 0 aromatic heterocycles. The van der Waals surface area contributed by atoms with Crippen LogP contribution in [0.3, 0.4) is 0 Å². The number of hydrogen-bond donors (Lipinski definition) is 0. The number of unbranched alkanes of at least 4 members (excludes halogenated alkanes) is 35. The molecule has 0 spiro atoms. The molecule has 0 heterocycles. The molecule has 476 valence electrons. The van der Waals surface area contributed by atoms with E-state index in [0.29, 0.717) is 17.4 Å².